The van der Waals surface area contributed by atoms with Crippen LogP contribution < -0.4 is 0 Å². The third-order valence-electron chi connectivity index (χ3n) is 4.30. The van der Waals surface area contributed by atoms with Crippen LogP contribution in [0.1, 0.15) is 26.2 Å². The molecule has 2 saturated heterocycles. The molecule has 2 rings (SSSR count). The Morgan fingerprint density at radius 1 is 1.26 bits per heavy atom. The van der Waals surface area contributed by atoms with E-state index in [9.17, 15) is 14.7 Å². The van der Waals surface area contributed by atoms with Crippen molar-refractivity contribution in [2.75, 3.05) is 39.4 Å². The van der Waals surface area contributed by atoms with E-state index in [2.05, 4.69) is 0 Å². The fourth-order valence-electron chi connectivity index (χ4n) is 3.03. The van der Waals surface area contributed by atoms with Gasteiger partial charge in [-0.15, -0.1) is 0 Å². The summed E-state index contributed by atoms with van der Waals surface area (Å²) in [6.45, 7) is 5.15. The third kappa shape index (κ3) is 2.74. The van der Waals surface area contributed by atoms with Crippen molar-refractivity contribution >= 4 is 11.9 Å². The topological polar surface area (TPSA) is 70.1 Å². The van der Waals surface area contributed by atoms with Crippen LogP contribution in [0.3, 0.4) is 0 Å². The summed E-state index contributed by atoms with van der Waals surface area (Å²) in [6, 6.07) is 0. The molecule has 2 aliphatic rings. The molecule has 0 bridgehead atoms. The molecular weight excluding hydrogens is 248 g/mol. The van der Waals surface area contributed by atoms with Gasteiger partial charge in [0, 0.05) is 13.1 Å². The molecule has 0 aromatic carbocycles. The van der Waals surface area contributed by atoms with Crippen LogP contribution in [-0.2, 0) is 14.3 Å². The molecule has 2 heterocycles. The van der Waals surface area contributed by atoms with Gasteiger partial charge in [-0.3, -0.25) is 14.5 Å². The zero-order valence-electron chi connectivity index (χ0n) is 11.4. The van der Waals surface area contributed by atoms with Crippen LogP contribution >= 0.6 is 0 Å². The first-order valence-corrected chi connectivity index (χ1v) is 6.94. The number of hydrogen-bond donors (Lipinski definition) is 1. The number of aliphatic carboxylic acids is 1. The molecule has 108 valence electrons. The number of amides is 1. The summed E-state index contributed by atoms with van der Waals surface area (Å²) in [6.07, 6.45) is 2.02. The monoisotopic (exact) mass is 270 g/mol. The second-order valence-corrected chi connectivity index (χ2v) is 5.21. The molecule has 0 aliphatic carbocycles. The van der Waals surface area contributed by atoms with Crippen molar-refractivity contribution in [1.29, 1.82) is 0 Å². The normalized spacial score (nSPS) is 28.6. The quantitative estimate of drug-likeness (QED) is 0.789. The second kappa shape index (κ2) is 5.88. The van der Waals surface area contributed by atoms with Gasteiger partial charge in [-0.1, -0.05) is 6.92 Å². The molecule has 1 N–H and O–H groups in total. The SMILES string of the molecule is CCC1(C(=O)O)CCCN1CC(=O)N1CCOCC1. The van der Waals surface area contributed by atoms with Gasteiger partial charge in [-0.2, -0.15) is 0 Å². The molecule has 6 heteroatoms. The van der Waals surface area contributed by atoms with Gasteiger partial charge < -0.3 is 14.7 Å². The standard InChI is InChI=1S/C13H22N2O4/c1-2-13(12(17)18)4-3-5-15(13)10-11(16)14-6-8-19-9-7-14/h2-10H2,1H3,(H,17,18). The van der Waals surface area contributed by atoms with E-state index in [0.29, 0.717) is 45.7 Å². The molecule has 2 fully saturated rings. The second-order valence-electron chi connectivity index (χ2n) is 5.21. The Hall–Kier alpha value is -1.14. The number of morpholine rings is 1. The Morgan fingerprint density at radius 3 is 2.53 bits per heavy atom. The average molecular weight is 270 g/mol. The molecule has 6 nitrogen and oxygen atoms in total. The predicted octanol–water partition coefficient (Wildman–Crippen LogP) is 0.174. The number of nitrogens with zero attached hydrogens (tertiary/aromatic N) is 2. The minimum Gasteiger partial charge on any atom is -0.480 e. The number of hydrogen-bond acceptors (Lipinski definition) is 4. The number of rotatable bonds is 4. The Morgan fingerprint density at radius 2 is 1.95 bits per heavy atom. The first-order valence-electron chi connectivity index (χ1n) is 6.94. The third-order valence-corrected chi connectivity index (χ3v) is 4.30. The van der Waals surface area contributed by atoms with Gasteiger partial charge in [-0.05, 0) is 25.8 Å². The van der Waals surface area contributed by atoms with E-state index in [4.69, 9.17) is 4.74 Å². The van der Waals surface area contributed by atoms with Crippen molar-refractivity contribution < 1.29 is 19.4 Å². The van der Waals surface area contributed by atoms with Gasteiger partial charge in [0.25, 0.3) is 0 Å². The van der Waals surface area contributed by atoms with Crippen LogP contribution in [0.15, 0.2) is 0 Å². The van der Waals surface area contributed by atoms with Crippen molar-refractivity contribution in [1.82, 2.24) is 9.80 Å². The lowest BCUT2D eigenvalue weighted by Gasteiger charge is -2.35. The Balaban J connectivity index is 2.00. The maximum atomic E-state index is 12.2. The van der Waals surface area contributed by atoms with Crippen LogP contribution in [0.25, 0.3) is 0 Å². The number of carbonyl (C=O) groups excluding carboxylic acids is 1. The maximum absolute atomic E-state index is 12.2. The average Bonchev–Trinajstić information content (AvgIpc) is 2.83. The molecule has 0 radical (unpaired) electrons. The van der Waals surface area contributed by atoms with Crippen molar-refractivity contribution in [3.8, 4) is 0 Å². The van der Waals surface area contributed by atoms with Gasteiger partial charge >= 0.3 is 5.97 Å². The van der Waals surface area contributed by atoms with Crippen LogP contribution in [0, 0.1) is 0 Å². The molecule has 1 unspecified atom stereocenters. The minimum absolute atomic E-state index is 0.0178. The highest BCUT2D eigenvalue weighted by atomic mass is 16.5. The van der Waals surface area contributed by atoms with Crippen molar-refractivity contribution in [2.45, 2.75) is 31.7 Å². The molecular formula is C13H22N2O4. The van der Waals surface area contributed by atoms with Crippen LogP contribution in [0.2, 0.25) is 0 Å². The van der Waals surface area contributed by atoms with E-state index in [1.807, 2.05) is 11.8 Å². The first-order chi connectivity index (χ1) is 9.10. The summed E-state index contributed by atoms with van der Waals surface area (Å²) >= 11 is 0. The summed E-state index contributed by atoms with van der Waals surface area (Å²) < 4.78 is 5.22. The lowest BCUT2D eigenvalue weighted by atomic mass is 9.93. The van der Waals surface area contributed by atoms with Crippen molar-refractivity contribution in [2.24, 2.45) is 0 Å². The van der Waals surface area contributed by atoms with E-state index < -0.39 is 11.5 Å². The van der Waals surface area contributed by atoms with Crippen molar-refractivity contribution in [3.05, 3.63) is 0 Å². The zero-order chi connectivity index (χ0) is 13.9. The van der Waals surface area contributed by atoms with Crippen LogP contribution in [0.5, 0.6) is 0 Å². The van der Waals surface area contributed by atoms with Gasteiger partial charge in [-0.25, -0.2) is 0 Å². The first kappa shape index (κ1) is 14.3. The van der Waals surface area contributed by atoms with E-state index in [1.54, 1.807) is 4.90 Å². The molecule has 0 saturated carbocycles. The summed E-state index contributed by atoms with van der Waals surface area (Å²) in [7, 11) is 0. The van der Waals surface area contributed by atoms with E-state index in [-0.39, 0.29) is 12.5 Å². The van der Waals surface area contributed by atoms with Crippen LogP contribution in [-0.4, -0.2) is 71.7 Å². The smallest absolute Gasteiger partial charge is 0.324 e. The number of carboxylic acids is 1. The van der Waals surface area contributed by atoms with E-state index in [0.717, 1.165) is 6.42 Å². The molecule has 0 spiro atoms. The fraction of sp³-hybridized carbons (Fsp3) is 0.846. The molecule has 1 atom stereocenters. The summed E-state index contributed by atoms with van der Waals surface area (Å²) in [4.78, 5) is 27.4. The Kier molecular flexibility index (Phi) is 4.42. The lowest BCUT2D eigenvalue weighted by molar-refractivity contribution is -0.152. The zero-order valence-corrected chi connectivity index (χ0v) is 11.4. The minimum atomic E-state index is -0.845. The number of likely N-dealkylation sites (tertiary alicyclic amines) is 1. The largest absolute Gasteiger partial charge is 0.480 e. The Labute approximate surface area is 113 Å². The summed E-state index contributed by atoms with van der Waals surface area (Å²) in [5.41, 5.74) is -0.845. The summed E-state index contributed by atoms with van der Waals surface area (Å²) in [5, 5.41) is 9.47. The molecule has 0 aromatic rings. The number of carbonyl (C=O) groups is 2. The van der Waals surface area contributed by atoms with E-state index >= 15 is 0 Å². The molecule has 1 amide bonds. The highest BCUT2D eigenvalue weighted by Gasteiger charge is 2.46. The van der Waals surface area contributed by atoms with Gasteiger partial charge in [0.2, 0.25) is 5.91 Å². The van der Waals surface area contributed by atoms with Gasteiger partial charge in [0.15, 0.2) is 0 Å². The maximum Gasteiger partial charge on any atom is 0.324 e. The van der Waals surface area contributed by atoms with Crippen LogP contribution in [0.4, 0.5) is 0 Å². The lowest BCUT2D eigenvalue weighted by Crippen LogP contribution is -2.54. The van der Waals surface area contributed by atoms with Gasteiger partial charge in [0.05, 0.1) is 19.8 Å². The fourth-order valence-corrected chi connectivity index (χ4v) is 3.03. The predicted molar refractivity (Wildman–Crippen MR) is 68.9 cm³/mol. The highest BCUT2D eigenvalue weighted by Crippen LogP contribution is 2.32. The highest BCUT2D eigenvalue weighted by molar-refractivity contribution is 5.82. The number of carboxylic acid groups (broad SMARTS) is 1. The number of ether oxygens (including phenoxy) is 1. The molecule has 0 aromatic heterocycles. The Bertz CT molecular complexity index is 355. The van der Waals surface area contributed by atoms with Gasteiger partial charge in [0.1, 0.15) is 5.54 Å². The summed E-state index contributed by atoms with van der Waals surface area (Å²) in [5.74, 6) is -0.786. The van der Waals surface area contributed by atoms with E-state index in [1.165, 1.54) is 0 Å². The molecule has 2 aliphatic heterocycles. The molecule has 19 heavy (non-hydrogen) atoms. The van der Waals surface area contributed by atoms with Crippen molar-refractivity contribution in [3.63, 3.8) is 0 Å².